The van der Waals surface area contributed by atoms with E-state index in [1.165, 1.54) is 17.8 Å². The minimum Gasteiger partial charge on any atom is -0.479 e. The molecule has 8 nitrogen and oxygen atoms in total. The molecule has 0 bridgehead atoms. The average molecular weight is 501 g/mol. The van der Waals surface area contributed by atoms with Gasteiger partial charge in [0.1, 0.15) is 11.6 Å². The lowest BCUT2D eigenvalue weighted by Crippen LogP contribution is -2.24. The van der Waals surface area contributed by atoms with Gasteiger partial charge in [-0.15, -0.1) is 0 Å². The fraction of sp³-hybridized carbons (Fsp3) is 0.304. The highest BCUT2D eigenvalue weighted by Gasteiger charge is 2.16. The van der Waals surface area contributed by atoms with Crippen LogP contribution in [0.2, 0.25) is 0 Å². The largest absolute Gasteiger partial charge is 0.479 e. The van der Waals surface area contributed by atoms with Crippen LogP contribution in [0, 0.1) is 0 Å². The van der Waals surface area contributed by atoms with Gasteiger partial charge in [-0.05, 0) is 43.7 Å². The smallest absolute Gasteiger partial charge is 0.344 e. The number of carboxylic acid groups (broad SMARTS) is 1. The predicted octanol–water partition coefficient (Wildman–Crippen LogP) is 3.91. The molecule has 1 N–H and O–H groups in total. The van der Waals surface area contributed by atoms with Crippen LogP contribution in [-0.4, -0.2) is 47.1 Å². The predicted molar refractivity (Wildman–Crippen MR) is 129 cm³/mol. The van der Waals surface area contributed by atoms with Crippen molar-refractivity contribution < 1.29 is 14.6 Å². The molecule has 0 unspecified atom stereocenters. The zero-order valence-corrected chi connectivity index (χ0v) is 20.0. The third-order valence-electron chi connectivity index (χ3n) is 4.83. The molecule has 1 heterocycles. The summed E-state index contributed by atoms with van der Waals surface area (Å²) in [6.07, 6.45) is 1.83. The third kappa shape index (κ3) is 5.16. The fourth-order valence-electron chi connectivity index (χ4n) is 3.07. The van der Waals surface area contributed by atoms with Gasteiger partial charge in [0.05, 0.1) is 17.1 Å². The Morgan fingerprint density at radius 3 is 2.72 bits per heavy atom. The van der Waals surface area contributed by atoms with Crippen molar-refractivity contribution in [3.8, 4) is 5.75 Å². The van der Waals surface area contributed by atoms with Gasteiger partial charge in [0.15, 0.2) is 6.10 Å². The molecule has 2 aromatic carbocycles. The Morgan fingerprint density at radius 2 is 2.06 bits per heavy atom. The number of aromatic nitrogens is 2. The minimum atomic E-state index is -1.08. The number of hydrogen-bond acceptors (Lipinski definition) is 6. The third-order valence-corrected chi connectivity index (χ3v) is 5.32. The Morgan fingerprint density at radius 1 is 1.31 bits per heavy atom. The second-order valence-corrected chi connectivity index (χ2v) is 8.43. The number of carbonyl (C=O) groups is 1. The molecule has 0 aliphatic carbocycles. The molecule has 0 aliphatic heterocycles. The Bertz CT molecular complexity index is 1240. The average Bonchev–Trinajstić information content (AvgIpc) is 2.74. The van der Waals surface area contributed by atoms with Crippen LogP contribution in [0.4, 0.5) is 5.69 Å². The summed E-state index contributed by atoms with van der Waals surface area (Å²) in [6, 6.07) is 10.8. The number of nitrogens with zero attached hydrogens (tertiary/aromatic N) is 4. The molecule has 3 aromatic rings. The molecular formula is C23H25BrN4O4. The van der Waals surface area contributed by atoms with Crippen LogP contribution in [0.1, 0.15) is 31.7 Å². The monoisotopic (exact) mass is 500 g/mol. The second-order valence-electron chi connectivity index (χ2n) is 7.52. The summed E-state index contributed by atoms with van der Waals surface area (Å²) in [5, 5.41) is 14.1. The van der Waals surface area contributed by atoms with E-state index < -0.39 is 12.1 Å². The number of rotatable bonds is 8. The lowest BCUT2D eigenvalue weighted by Gasteiger charge is -2.17. The van der Waals surface area contributed by atoms with E-state index in [0.717, 1.165) is 16.6 Å². The highest BCUT2D eigenvalue weighted by atomic mass is 79.9. The van der Waals surface area contributed by atoms with Crippen molar-refractivity contribution in [3.05, 3.63) is 62.6 Å². The molecule has 0 saturated heterocycles. The summed E-state index contributed by atoms with van der Waals surface area (Å²) in [5.74, 6) is -0.166. The lowest BCUT2D eigenvalue weighted by molar-refractivity contribution is -0.144. The molecule has 0 spiro atoms. The Hall–Kier alpha value is -3.20. The van der Waals surface area contributed by atoms with Crippen molar-refractivity contribution >= 4 is 44.7 Å². The second kappa shape index (κ2) is 9.95. The number of hydrogen-bond donors (Lipinski definition) is 1. The van der Waals surface area contributed by atoms with E-state index in [-0.39, 0.29) is 5.56 Å². The van der Waals surface area contributed by atoms with Gasteiger partial charge < -0.3 is 14.7 Å². The summed E-state index contributed by atoms with van der Waals surface area (Å²) in [5.41, 5.74) is 1.73. The van der Waals surface area contributed by atoms with Crippen molar-refractivity contribution in [1.29, 1.82) is 0 Å². The van der Waals surface area contributed by atoms with Gasteiger partial charge in [0.2, 0.25) is 0 Å². The Balaban J connectivity index is 2.11. The van der Waals surface area contributed by atoms with E-state index >= 15 is 0 Å². The highest BCUT2D eigenvalue weighted by molar-refractivity contribution is 9.10. The van der Waals surface area contributed by atoms with Crippen LogP contribution in [0.5, 0.6) is 5.75 Å². The minimum absolute atomic E-state index is 0.276. The molecule has 168 valence electrons. The van der Waals surface area contributed by atoms with Gasteiger partial charge in [-0.25, -0.2) is 9.78 Å². The number of aliphatic carboxylic acids is 1. The lowest BCUT2D eigenvalue weighted by atomic mass is 10.2. The van der Waals surface area contributed by atoms with Crippen LogP contribution in [-0.2, 0) is 11.2 Å². The van der Waals surface area contributed by atoms with Crippen LogP contribution in [0.15, 0.2) is 50.8 Å². The fourth-order valence-corrected chi connectivity index (χ4v) is 3.43. The number of anilines is 1. The van der Waals surface area contributed by atoms with E-state index in [0.29, 0.717) is 34.5 Å². The van der Waals surface area contributed by atoms with E-state index in [2.05, 4.69) is 26.0 Å². The number of ether oxygens (including phenoxy) is 1. The molecule has 1 atom stereocenters. The first kappa shape index (κ1) is 23.5. The molecule has 0 aliphatic rings. The maximum atomic E-state index is 13.2. The first-order valence-corrected chi connectivity index (χ1v) is 11.0. The summed E-state index contributed by atoms with van der Waals surface area (Å²) < 4.78 is 7.73. The van der Waals surface area contributed by atoms with Crippen molar-refractivity contribution in [1.82, 2.24) is 9.66 Å². The maximum absolute atomic E-state index is 13.2. The summed E-state index contributed by atoms with van der Waals surface area (Å²) >= 11 is 3.40. The number of halogens is 1. The number of carboxylic acids is 1. The van der Waals surface area contributed by atoms with E-state index in [1.54, 1.807) is 24.3 Å². The highest BCUT2D eigenvalue weighted by Crippen LogP contribution is 2.25. The van der Waals surface area contributed by atoms with E-state index in [1.807, 2.05) is 38.1 Å². The molecule has 0 fully saturated rings. The van der Waals surface area contributed by atoms with Gasteiger partial charge in [0, 0.05) is 42.3 Å². The van der Waals surface area contributed by atoms with Crippen LogP contribution in [0.3, 0.4) is 0 Å². The van der Waals surface area contributed by atoms with Gasteiger partial charge >= 0.3 is 5.97 Å². The van der Waals surface area contributed by atoms with Gasteiger partial charge in [-0.2, -0.15) is 9.78 Å². The summed E-state index contributed by atoms with van der Waals surface area (Å²) in [4.78, 5) is 31.0. The topological polar surface area (TPSA) is 97.0 Å². The standard InChI is InChI=1S/C23H25BrN4O4/c1-5-6-21-26-19-10-8-16(24)11-18(19)22(29)28(21)25-13-15-7-9-17(27(3)4)12-20(15)32-14(2)23(30)31/h7-14H,5-6H2,1-4H3,(H,30,31)/t14-/m1/s1. The number of aryl methyl sites for hydroxylation is 1. The van der Waals surface area contributed by atoms with Gasteiger partial charge in [-0.1, -0.05) is 22.9 Å². The van der Waals surface area contributed by atoms with Crippen LogP contribution in [0.25, 0.3) is 10.9 Å². The molecule has 3 rings (SSSR count). The molecule has 0 saturated carbocycles. The molecule has 0 amide bonds. The molecular weight excluding hydrogens is 476 g/mol. The van der Waals surface area contributed by atoms with E-state index in [9.17, 15) is 14.7 Å². The zero-order valence-electron chi connectivity index (χ0n) is 18.4. The first-order chi connectivity index (χ1) is 15.2. The normalized spacial score (nSPS) is 12.3. The summed E-state index contributed by atoms with van der Waals surface area (Å²) in [6.45, 7) is 3.46. The van der Waals surface area contributed by atoms with Crippen LogP contribution >= 0.6 is 15.9 Å². The zero-order chi connectivity index (χ0) is 23.4. The van der Waals surface area contributed by atoms with Crippen molar-refractivity contribution in [3.63, 3.8) is 0 Å². The number of benzene rings is 2. The Labute approximate surface area is 194 Å². The summed E-state index contributed by atoms with van der Waals surface area (Å²) in [7, 11) is 3.76. The first-order valence-electron chi connectivity index (χ1n) is 10.2. The molecule has 32 heavy (non-hydrogen) atoms. The number of fused-ring (bicyclic) bond motifs is 1. The molecule has 9 heteroatoms. The van der Waals surface area contributed by atoms with Gasteiger partial charge in [0.25, 0.3) is 5.56 Å². The Kier molecular flexibility index (Phi) is 7.29. The molecule has 1 aromatic heterocycles. The quantitative estimate of drug-likeness (QED) is 0.471. The van der Waals surface area contributed by atoms with Crippen LogP contribution < -0.4 is 15.2 Å². The molecule has 0 radical (unpaired) electrons. The van der Waals surface area contributed by atoms with Crippen molar-refractivity contribution in [2.75, 3.05) is 19.0 Å². The van der Waals surface area contributed by atoms with E-state index in [4.69, 9.17) is 4.74 Å². The van der Waals surface area contributed by atoms with Crippen molar-refractivity contribution in [2.24, 2.45) is 5.10 Å². The van der Waals surface area contributed by atoms with Gasteiger partial charge in [-0.3, -0.25) is 4.79 Å². The SMILES string of the molecule is CCCc1nc2ccc(Br)cc2c(=O)n1N=Cc1ccc(N(C)C)cc1O[C@H](C)C(=O)O. The maximum Gasteiger partial charge on any atom is 0.344 e. The van der Waals surface area contributed by atoms with Crippen molar-refractivity contribution in [2.45, 2.75) is 32.8 Å².